The molecule has 0 aromatic carbocycles. The van der Waals surface area contributed by atoms with E-state index in [1.54, 1.807) is 18.4 Å². The molecule has 1 aliphatic heterocycles. The molecule has 0 radical (unpaired) electrons. The number of aryl methyl sites for hydroxylation is 1. The van der Waals surface area contributed by atoms with E-state index in [2.05, 4.69) is 24.8 Å². The molecular weight excluding hydrogens is 286 g/mol. The van der Waals surface area contributed by atoms with E-state index in [0.29, 0.717) is 6.61 Å². The molecule has 1 saturated heterocycles. The predicted octanol–water partition coefficient (Wildman–Crippen LogP) is 1.71. The van der Waals surface area contributed by atoms with Crippen molar-refractivity contribution in [3.63, 3.8) is 0 Å². The molecule has 1 fully saturated rings. The molecule has 21 heavy (non-hydrogen) atoms. The van der Waals surface area contributed by atoms with Crippen LogP contribution in [0, 0.1) is 6.92 Å². The van der Waals surface area contributed by atoms with Crippen LogP contribution >= 0.6 is 11.3 Å². The Morgan fingerprint density at radius 1 is 1.19 bits per heavy atom. The number of rotatable bonds is 4. The largest absolute Gasteiger partial charge is 0.377 e. The lowest BCUT2D eigenvalue weighted by Crippen LogP contribution is -2.47. The summed E-state index contributed by atoms with van der Waals surface area (Å²) in [5.41, 5.74) is 0.981. The minimum absolute atomic E-state index is 0.452. The van der Waals surface area contributed by atoms with Crippen LogP contribution in [0.3, 0.4) is 0 Å². The lowest BCUT2D eigenvalue weighted by atomic mass is 10.3. The van der Waals surface area contributed by atoms with Crippen LogP contribution in [0.1, 0.15) is 11.5 Å². The molecule has 2 aromatic heterocycles. The number of hydrogen-bond donors (Lipinski definition) is 0. The van der Waals surface area contributed by atoms with Crippen molar-refractivity contribution in [1.82, 2.24) is 15.0 Å². The van der Waals surface area contributed by atoms with Gasteiger partial charge in [-0.3, -0.25) is 0 Å². The molecule has 0 N–H and O–H groups in total. The van der Waals surface area contributed by atoms with Gasteiger partial charge in [0.25, 0.3) is 0 Å². The highest BCUT2D eigenvalue weighted by Gasteiger charge is 2.20. The zero-order valence-corrected chi connectivity index (χ0v) is 13.1. The molecule has 0 amide bonds. The van der Waals surface area contributed by atoms with Gasteiger partial charge >= 0.3 is 0 Å². The van der Waals surface area contributed by atoms with Crippen LogP contribution in [-0.4, -0.2) is 48.2 Å². The van der Waals surface area contributed by atoms with Gasteiger partial charge in [-0.15, -0.1) is 11.3 Å². The number of anilines is 2. The highest BCUT2D eigenvalue weighted by atomic mass is 32.1. The number of hydrogen-bond acceptors (Lipinski definition) is 7. The fourth-order valence-electron chi connectivity index (χ4n) is 2.47. The van der Waals surface area contributed by atoms with Crippen LogP contribution in [0.2, 0.25) is 0 Å². The molecule has 2 aromatic rings. The molecule has 3 heterocycles. The maximum Gasteiger partial charge on any atom is 0.185 e. The summed E-state index contributed by atoms with van der Waals surface area (Å²) in [4.78, 5) is 18.0. The summed E-state index contributed by atoms with van der Waals surface area (Å²) in [7, 11) is 1.66. The first-order chi connectivity index (χ1) is 10.3. The summed E-state index contributed by atoms with van der Waals surface area (Å²) in [6.45, 7) is 6.28. The van der Waals surface area contributed by atoms with Gasteiger partial charge in [-0.05, 0) is 6.92 Å². The zero-order chi connectivity index (χ0) is 14.7. The molecule has 112 valence electrons. The fraction of sp³-hybridized carbons (Fsp3) is 0.500. The van der Waals surface area contributed by atoms with E-state index in [-0.39, 0.29) is 0 Å². The first-order valence-corrected chi connectivity index (χ1v) is 7.87. The summed E-state index contributed by atoms with van der Waals surface area (Å²) in [6.07, 6.45) is 1.86. The van der Waals surface area contributed by atoms with Crippen molar-refractivity contribution in [1.29, 1.82) is 0 Å². The molecule has 0 spiro atoms. The topological polar surface area (TPSA) is 54.4 Å². The van der Waals surface area contributed by atoms with Gasteiger partial charge in [0.05, 0.1) is 0 Å². The van der Waals surface area contributed by atoms with E-state index in [1.807, 2.05) is 24.6 Å². The van der Waals surface area contributed by atoms with Gasteiger partial charge in [0.15, 0.2) is 11.0 Å². The summed E-state index contributed by atoms with van der Waals surface area (Å²) >= 11 is 1.69. The molecule has 0 saturated carbocycles. The maximum absolute atomic E-state index is 5.13. The summed E-state index contributed by atoms with van der Waals surface area (Å²) in [5, 5.41) is 3.13. The molecule has 7 heteroatoms. The average Bonchev–Trinajstić information content (AvgIpc) is 3.01. The van der Waals surface area contributed by atoms with E-state index in [1.165, 1.54) is 0 Å². The van der Waals surface area contributed by atoms with Gasteiger partial charge in [-0.2, -0.15) is 0 Å². The van der Waals surface area contributed by atoms with Gasteiger partial charge < -0.3 is 14.5 Å². The number of aromatic nitrogens is 3. The molecule has 0 bridgehead atoms. The van der Waals surface area contributed by atoms with Crippen molar-refractivity contribution in [2.24, 2.45) is 0 Å². The summed E-state index contributed by atoms with van der Waals surface area (Å²) in [6, 6.07) is 2.04. The third kappa shape index (κ3) is 3.30. The van der Waals surface area contributed by atoms with E-state index in [0.717, 1.165) is 48.6 Å². The van der Waals surface area contributed by atoms with E-state index >= 15 is 0 Å². The third-order valence-corrected chi connectivity index (χ3v) is 4.29. The minimum atomic E-state index is 0.452. The first-order valence-electron chi connectivity index (χ1n) is 6.99. The van der Waals surface area contributed by atoms with Crippen molar-refractivity contribution in [3.8, 4) is 0 Å². The van der Waals surface area contributed by atoms with Crippen LogP contribution in [0.5, 0.6) is 0 Å². The highest BCUT2D eigenvalue weighted by Crippen LogP contribution is 2.21. The van der Waals surface area contributed by atoms with Crippen LogP contribution in [0.15, 0.2) is 17.6 Å². The monoisotopic (exact) mass is 305 g/mol. The molecule has 0 unspecified atom stereocenters. The van der Waals surface area contributed by atoms with Crippen LogP contribution < -0.4 is 9.80 Å². The Labute approximate surface area is 128 Å². The number of ether oxygens (including phenoxy) is 1. The average molecular weight is 305 g/mol. The first kappa shape index (κ1) is 14.2. The molecule has 3 rings (SSSR count). The lowest BCUT2D eigenvalue weighted by Gasteiger charge is -2.35. The Bertz CT molecular complexity index is 581. The van der Waals surface area contributed by atoms with Crippen molar-refractivity contribution in [2.45, 2.75) is 13.5 Å². The second-order valence-corrected chi connectivity index (χ2v) is 5.88. The number of piperazine rings is 1. The van der Waals surface area contributed by atoms with E-state index in [9.17, 15) is 0 Å². The van der Waals surface area contributed by atoms with Crippen LogP contribution in [0.4, 0.5) is 10.9 Å². The predicted molar refractivity (Wildman–Crippen MR) is 84.0 cm³/mol. The lowest BCUT2D eigenvalue weighted by molar-refractivity contribution is 0.177. The second-order valence-electron chi connectivity index (χ2n) is 5.01. The van der Waals surface area contributed by atoms with Crippen molar-refractivity contribution >= 4 is 22.3 Å². The molecular formula is C14H19N5OS. The van der Waals surface area contributed by atoms with E-state index < -0.39 is 0 Å². The summed E-state index contributed by atoms with van der Waals surface area (Å²) < 4.78 is 5.13. The van der Waals surface area contributed by atoms with Crippen LogP contribution in [-0.2, 0) is 11.3 Å². The number of thiazole rings is 1. The summed E-state index contributed by atoms with van der Waals surface area (Å²) in [5.74, 6) is 1.74. The zero-order valence-electron chi connectivity index (χ0n) is 12.3. The Balaban J connectivity index is 1.69. The highest BCUT2D eigenvalue weighted by molar-refractivity contribution is 7.13. The quantitative estimate of drug-likeness (QED) is 0.857. The minimum Gasteiger partial charge on any atom is -0.377 e. The Morgan fingerprint density at radius 3 is 2.62 bits per heavy atom. The maximum atomic E-state index is 5.13. The van der Waals surface area contributed by atoms with Gasteiger partial charge in [0.2, 0.25) is 0 Å². The Morgan fingerprint density at radius 2 is 1.95 bits per heavy atom. The number of methoxy groups -OCH3 is 1. The number of nitrogens with zero attached hydrogens (tertiary/aromatic N) is 5. The van der Waals surface area contributed by atoms with Crippen LogP contribution in [0.25, 0.3) is 0 Å². The Kier molecular flexibility index (Phi) is 4.31. The molecule has 6 nitrogen and oxygen atoms in total. The standard InChI is InChI=1S/C14H19N5OS/c1-11-9-13(17-12(16-11)10-20-2)18-4-6-19(7-5-18)14-15-3-8-21-14/h3,8-9H,4-7,10H2,1-2H3. The van der Waals surface area contributed by atoms with Gasteiger partial charge in [0.1, 0.15) is 12.4 Å². The normalized spacial score (nSPS) is 15.5. The smallest absolute Gasteiger partial charge is 0.185 e. The molecule has 0 atom stereocenters. The van der Waals surface area contributed by atoms with Gasteiger partial charge in [-0.1, -0.05) is 0 Å². The van der Waals surface area contributed by atoms with E-state index in [4.69, 9.17) is 4.74 Å². The SMILES string of the molecule is COCc1nc(C)cc(N2CCN(c3nccs3)CC2)n1. The third-order valence-electron chi connectivity index (χ3n) is 3.45. The van der Waals surface area contributed by atoms with Crippen molar-refractivity contribution < 1.29 is 4.74 Å². The fourth-order valence-corrected chi connectivity index (χ4v) is 3.16. The second kappa shape index (κ2) is 6.36. The van der Waals surface area contributed by atoms with Crippen molar-refractivity contribution in [3.05, 3.63) is 29.2 Å². The molecule has 0 aliphatic carbocycles. The Hall–Kier alpha value is -1.73. The van der Waals surface area contributed by atoms with Gasteiger partial charge in [-0.25, -0.2) is 15.0 Å². The molecule has 1 aliphatic rings. The van der Waals surface area contributed by atoms with Gasteiger partial charge in [0, 0.05) is 56.6 Å². The van der Waals surface area contributed by atoms with Crippen molar-refractivity contribution in [2.75, 3.05) is 43.1 Å².